The fraction of sp³-hybridized carbons (Fsp3) is 0.357. The Morgan fingerprint density at radius 3 is 2.38 bits per heavy atom. The van der Waals surface area contributed by atoms with E-state index in [1.807, 2.05) is 58.1 Å². The van der Waals surface area contributed by atoms with Gasteiger partial charge >= 0.3 is 0 Å². The zero-order valence-corrected chi connectivity index (χ0v) is 11.0. The first-order chi connectivity index (χ1) is 7.70. The smallest absolute Gasteiger partial charge is 0.106 e. The van der Waals surface area contributed by atoms with E-state index in [4.69, 9.17) is 0 Å². The van der Waals surface area contributed by atoms with Crippen LogP contribution < -0.4 is 0 Å². The lowest BCUT2D eigenvalue weighted by atomic mass is 10.2. The molecule has 0 saturated heterocycles. The summed E-state index contributed by atoms with van der Waals surface area (Å²) in [6, 6.07) is 0. The van der Waals surface area contributed by atoms with Gasteiger partial charge in [0.2, 0.25) is 0 Å². The Morgan fingerprint density at radius 1 is 1.25 bits per heavy atom. The highest BCUT2D eigenvalue weighted by molar-refractivity contribution is 5.80. The molecule has 90 valence electrons. The highest BCUT2D eigenvalue weighted by Gasteiger charge is 1.80. The molecule has 0 bridgehead atoms. The van der Waals surface area contributed by atoms with E-state index in [9.17, 15) is 0 Å². The first kappa shape index (κ1) is 16.8. The zero-order chi connectivity index (χ0) is 12.8. The maximum Gasteiger partial charge on any atom is 0.106 e. The normalized spacial score (nSPS) is 11.9. The average molecular weight is 221 g/mol. The standard InChI is InChI=1S/C12H17NO.C2H6/c1-5-7-11(2)8-6-9-12(3)10-13-14-4;1-2/h5-10H,3H2,1-2,4H3;1-2H3/b7-5-,9-6+,11-8-,13-10-;. The van der Waals surface area contributed by atoms with E-state index in [1.54, 1.807) is 6.21 Å². The van der Waals surface area contributed by atoms with Crippen molar-refractivity contribution in [3.05, 3.63) is 48.1 Å². The van der Waals surface area contributed by atoms with Gasteiger partial charge in [0.15, 0.2) is 0 Å². The van der Waals surface area contributed by atoms with Crippen molar-refractivity contribution in [1.29, 1.82) is 0 Å². The lowest BCUT2D eigenvalue weighted by molar-refractivity contribution is 0.215. The Bertz CT molecular complexity index is 283. The molecule has 0 aliphatic heterocycles. The third-order valence-corrected chi connectivity index (χ3v) is 1.42. The van der Waals surface area contributed by atoms with Crippen molar-refractivity contribution >= 4 is 6.21 Å². The van der Waals surface area contributed by atoms with Crippen LogP contribution in [0.5, 0.6) is 0 Å². The van der Waals surface area contributed by atoms with Gasteiger partial charge in [0.25, 0.3) is 0 Å². The summed E-state index contributed by atoms with van der Waals surface area (Å²) < 4.78 is 0. The minimum atomic E-state index is 0.802. The van der Waals surface area contributed by atoms with Crippen LogP contribution >= 0.6 is 0 Å². The lowest BCUT2D eigenvalue weighted by Gasteiger charge is -1.88. The fourth-order valence-corrected chi connectivity index (χ4v) is 0.805. The monoisotopic (exact) mass is 221 g/mol. The van der Waals surface area contributed by atoms with Crippen LogP contribution in [0.1, 0.15) is 27.7 Å². The summed E-state index contributed by atoms with van der Waals surface area (Å²) in [5, 5.41) is 3.60. The van der Waals surface area contributed by atoms with Crippen LogP contribution in [0, 0.1) is 0 Å². The maximum atomic E-state index is 4.53. The molecule has 0 rings (SSSR count). The van der Waals surface area contributed by atoms with Crippen LogP contribution in [0.3, 0.4) is 0 Å². The molecule has 2 heteroatoms. The number of hydrogen-bond acceptors (Lipinski definition) is 2. The molecule has 0 aromatic rings. The summed E-state index contributed by atoms with van der Waals surface area (Å²) in [5.41, 5.74) is 2.00. The molecule has 0 N–H and O–H groups in total. The molecule has 0 heterocycles. The molecule has 0 amide bonds. The molecule has 2 nitrogen and oxygen atoms in total. The fourth-order valence-electron chi connectivity index (χ4n) is 0.805. The van der Waals surface area contributed by atoms with Gasteiger partial charge in [-0.2, -0.15) is 0 Å². The third-order valence-electron chi connectivity index (χ3n) is 1.42. The summed E-state index contributed by atoms with van der Waals surface area (Å²) >= 11 is 0. The van der Waals surface area contributed by atoms with E-state index in [2.05, 4.69) is 16.6 Å². The van der Waals surface area contributed by atoms with Gasteiger partial charge < -0.3 is 4.84 Å². The molecule has 0 aliphatic carbocycles. The van der Waals surface area contributed by atoms with Gasteiger partial charge in [-0.3, -0.25) is 0 Å². The molecular weight excluding hydrogens is 198 g/mol. The second-order valence-corrected chi connectivity index (χ2v) is 2.76. The molecular formula is C14H23NO. The molecule has 0 spiro atoms. The number of oxime groups is 1. The molecule has 0 unspecified atom stereocenters. The Morgan fingerprint density at radius 2 is 1.88 bits per heavy atom. The average Bonchev–Trinajstić information content (AvgIpc) is 2.29. The quantitative estimate of drug-likeness (QED) is 0.386. The Kier molecular flexibility index (Phi) is 14.1. The summed E-state index contributed by atoms with van der Waals surface area (Å²) in [4.78, 5) is 4.53. The Hall–Kier alpha value is -1.57. The van der Waals surface area contributed by atoms with Gasteiger partial charge in [-0.05, 0) is 19.4 Å². The van der Waals surface area contributed by atoms with Crippen LogP contribution in [-0.4, -0.2) is 13.3 Å². The molecule has 0 aromatic heterocycles. The Balaban J connectivity index is 0. The second kappa shape index (κ2) is 13.4. The number of rotatable bonds is 5. The predicted molar refractivity (Wildman–Crippen MR) is 73.7 cm³/mol. The van der Waals surface area contributed by atoms with Gasteiger partial charge in [-0.25, -0.2) is 0 Å². The minimum Gasteiger partial charge on any atom is -0.399 e. The van der Waals surface area contributed by atoms with Gasteiger partial charge in [0.05, 0.1) is 6.21 Å². The van der Waals surface area contributed by atoms with Crippen LogP contribution in [0.4, 0.5) is 0 Å². The van der Waals surface area contributed by atoms with E-state index in [1.165, 1.54) is 12.7 Å². The SMILES string of the molecule is C=C(/C=N\OC)/C=C/C=C(C)\C=C/C.CC. The van der Waals surface area contributed by atoms with Crippen molar-refractivity contribution < 1.29 is 4.84 Å². The molecule has 0 aliphatic rings. The van der Waals surface area contributed by atoms with Crippen LogP contribution in [0.15, 0.2) is 53.3 Å². The van der Waals surface area contributed by atoms with Crippen LogP contribution in [-0.2, 0) is 4.84 Å². The highest BCUT2D eigenvalue weighted by atomic mass is 16.6. The molecule has 0 aromatic carbocycles. The van der Waals surface area contributed by atoms with E-state index in [0.29, 0.717) is 0 Å². The number of allylic oxidation sites excluding steroid dienone is 7. The highest BCUT2D eigenvalue weighted by Crippen LogP contribution is 1.96. The van der Waals surface area contributed by atoms with Crippen molar-refractivity contribution in [3.63, 3.8) is 0 Å². The topological polar surface area (TPSA) is 21.6 Å². The van der Waals surface area contributed by atoms with Gasteiger partial charge in [-0.15, -0.1) is 0 Å². The van der Waals surface area contributed by atoms with E-state index >= 15 is 0 Å². The third kappa shape index (κ3) is 12.4. The number of hydrogen-bond donors (Lipinski definition) is 0. The predicted octanol–water partition coefficient (Wildman–Crippen LogP) is 4.28. The van der Waals surface area contributed by atoms with Crippen molar-refractivity contribution in [2.45, 2.75) is 27.7 Å². The van der Waals surface area contributed by atoms with Crippen molar-refractivity contribution in [2.75, 3.05) is 7.11 Å². The van der Waals surface area contributed by atoms with Crippen molar-refractivity contribution in [3.8, 4) is 0 Å². The summed E-state index contributed by atoms with van der Waals surface area (Å²) in [6.07, 6.45) is 11.4. The van der Waals surface area contributed by atoms with Crippen LogP contribution in [0.25, 0.3) is 0 Å². The van der Waals surface area contributed by atoms with Crippen LogP contribution in [0.2, 0.25) is 0 Å². The molecule has 0 radical (unpaired) electrons. The van der Waals surface area contributed by atoms with Crippen molar-refractivity contribution in [2.24, 2.45) is 5.16 Å². The Labute approximate surface area is 99.7 Å². The summed E-state index contributed by atoms with van der Waals surface area (Å²) in [5.74, 6) is 0. The van der Waals surface area contributed by atoms with Gasteiger partial charge in [0, 0.05) is 0 Å². The summed E-state index contributed by atoms with van der Waals surface area (Å²) in [7, 11) is 1.50. The first-order valence-electron chi connectivity index (χ1n) is 5.43. The molecule has 16 heavy (non-hydrogen) atoms. The molecule has 0 atom stereocenters. The summed E-state index contributed by atoms with van der Waals surface area (Å²) in [6.45, 7) is 11.8. The van der Waals surface area contributed by atoms with E-state index in [-0.39, 0.29) is 0 Å². The van der Waals surface area contributed by atoms with E-state index < -0.39 is 0 Å². The van der Waals surface area contributed by atoms with Gasteiger partial charge in [-0.1, -0.05) is 61.5 Å². The molecule has 0 saturated carbocycles. The second-order valence-electron chi connectivity index (χ2n) is 2.76. The molecule has 0 fully saturated rings. The van der Waals surface area contributed by atoms with Gasteiger partial charge in [0.1, 0.15) is 7.11 Å². The van der Waals surface area contributed by atoms with Crippen molar-refractivity contribution in [1.82, 2.24) is 0 Å². The zero-order valence-electron chi connectivity index (χ0n) is 11.0. The lowest BCUT2D eigenvalue weighted by Crippen LogP contribution is -1.77. The maximum absolute atomic E-state index is 4.53. The number of nitrogens with zero attached hydrogens (tertiary/aromatic N) is 1. The first-order valence-corrected chi connectivity index (χ1v) is 5.43. The minimum absolute atomic E-state index is 0.802. The van der Waals surface area contributed by atoms with E-state index in [0.717, 1.165) is 5.57 Å². The largest absolute Gasteiger partial charge is 0.399 e.